The summed E-state index contributed by atoms with van der Waals surface area (Å²) < 4.78 is 0. The number of aliphatic carboxylic acids is 1. The number of amides is 1. The summed E-state index contributed by atoms with van der Waals surface area (Å²) in [7, 11) is 0. The van der Waals surface area contributed by atoms with Gasteiger partial charge in [0.1, 0.15) is 0 Å². The topological polar surface area (TPSA) is 69.6 Å². The smallest absolute Gasteiger partial charge is 0.331 e. The minimum Gasteiger partial charge on any atom is -0.478 e. The van der Waals surface area contributed by atoms with Gasteiger partial charge in [-0.1, -0.05) is 0 Å². The third-order valence-electron chi connectivity index (χ3n) is 4.20. The van der Waals surface area contributed by atoms with Gasteiger partial charge in [-0.25, -0.2) is 4.79 Å². The van der Waals surface area contributed by atoms with Crippen molar-refractivity contribution in [3.63, 3.8) is 0 Å². The molecule has 1 amide bonds. The zero-order chi connectivity index (χ0) is 13.3. The average Bonchev–Trinajstić information content (AvgIpc) is 2.38. The predicted molar refractivity (Wildman–Crippen MR) is 67.1 cm³/mol. The lowest BCUT2D eigenvalue weighted by Gasteiger charge is -2.45. The number of carboxylic acids is 1. The van der Waals surface area contributed by atoms with Crippen LogP contribution in [0.3, 0.4) is 0 Å². The van der Waals surface area contributed by atoms with Crippen LogP contribution < -0.4 is 5.32 Å². The number of fused-ring (bicyclic) bond motifs is 3. The van der Waals surface area contributed by atoms with E-state index in [-0.39, 0.29) is 17.5 Å². The van der Waals surface area contributed by atoms with E-state index < -0.39 is 5.97 Å². The average molecular weight is 252 g/mol. The van der Waals surface area contributed by atoms with E-state index in [1.807, 2.05) is 0 Å². The number of hydrogen-bond donors (Lipinski definition) is 2. The maximum atomic E-state index is 12.0. The summed E-state index contributed by atoms with van der Waals surface area (Å²) in [4.78, 5) is 25.2. The van der Waals surface area contributed by atoms with Crippen LogP contribution in [0.2, 0.25) is 0 Å². The zero-order valence-electron chi connectivity index (χ0n) is 10.9. The molecule has 3 aliphatic rings. The lowest BCUT2D eigenvalue weighted by Crippen LogP contribution is -2.57. The number of piperidine rings is 3. The van der Waals surface area contributed by atoms with Crippen molar-refractivity contribution in [1.29, 1.82) is 0 Å². The van der Waals surface area contributed by atoms with Crippen molar-refractivity contribution in [3.8, 4) is 0 Å². The van der Waals surface area contributed by atoms with Crippen LogP contribution >= 0.6 is 0 Å². The van der Waals surface area contributed by atoms with E-state index in [0.29, 0.717) is 11.5 Å². The number of nitrogens with one attached hydrogen (secondary N) is 1. The standard InChI is InChI=1S/C13H20N2O3/c1-8(9(2)13(17)18)12(16)14-11-7-15-5-3-10(11)4-6-15/h10-11H,3-7H2,1-2H3,(H,14,16)(H,17,18). The van der Waals surface area contributed by atoms with Gasteiger partial charge in [-0.05, 0) is 45.7 Å². The normalized spacial score (nSPS) is 31.8. The molecule has 0 aliphatic carbocycles. The van der Waals surface area contributed by atoms with Crippen LogP contribution in [0.4, 0.5) is 0 Å². The molecule has 3 aliphatic heterocycles. The quantitative estimate of drug-likeness (QED) is 0.722. The zero-order valence-corrected chi connectivity index (χ0v) is 10.9. The lowest BCUT2D eigenvalue weighted by molar-refractivity contribution is -0.133. The van der Waals surface area contributed by atoms with Gasteiger partial charge < -0.3 is 15.3 Å². The van der Waals surface area contributed by atoms with Crippen molar-refractivity contribution in [2.24, 2.45) is 5.92 Å². The van der Waals surface area contributed by atoms with Gasteiger partial charge in [-0.15, -0.1) is 0 Å². The number of carbonyl (C=O) groups is 2. The van der Waals surface area contributed by atoms with Gasteiger partial charge in [0.2, 0.25) is 5.91 Å². The highest BCUT2D eigenvalue weighted by Crippen LogP contribution is 2.27. The molecule has 2 N–H and O–H groups in total. The Bertz CT molecular complexity index is 395. The second kappa shape index (κ2) is 5.10. The summed E-state index contributed by atoms with van der Waals surface area (Å²) in [5.74, 6) is -0.720. The summed E-state index contributed by atoms with van der Waals surface area (Å²) >= 11 is 0. The summed E-state index contributed by atoms with van der Waals surface area (Å²) in [6, 6.07) is 0.177. The molecule has 1 atom stereocenters. The highest BCUT2D eigenvalue weighted by atomic mass is 16.4. The van der Waals surface area contributed by atoms with Crippen LogP contribution in [0.1, 0.15) is 26.7 Å². The molecule has 0 aromatic rings. The fraction of sp³-hybridized carbons (Fsp3) is 0.692. The van der Waals surface area contributed by atoms with Crippen molar-refractivity contribution < 1.29 is 14.7 Å². The maximum absolute atomic E-state index is 12.0. The van der Waals surface area contributed by atoms with E-state index in [4.69, 9.17) is 5.11 Å². The molecule has 3 fully saturated rings. The van der Waals surface area contributed by atoms with Crippen molar-refractivity contribution in [2.75, 3.05) is 19.6 Å². The predicted octanol–water partition coefficient (Wildman–Crippen LogP) is 0.618. The number of carboxylic acid groups (broad SMARTS) is 1. The molecular weight excluding hydrogens is 232 g/mol. The second-order valence-corrected chi connectivity index (χ2v) is 5.27. The highest BCUT2D eigenvalue weighted by molar-refractivity contribution is 6.01. The van der Waals surface area contributed by atoms with E-state index in [0.717, 1.165) is 32.5 Å². The van der Waals surface area contributed by atoms with Gasteiger partial charge in [-0.2, -0.15) is 0 Å². The number of hydrogen-bond acceptors (Lipinski definition) is 3. The van der Waals surface area contributed by atoms with Crippen molar-refractivity contribution in [3.05, 3.63) is 11.1 Å². The first-order chi connectivity index (χ1) is 8.49. The van der Waals surface area contributed by atoms with E-state index in [1.54, 1.807) is 6.92 Å². The molecule has 0 radical (unpaired) electrons. The van der Waals surface area contributed by atoms with Gasteiger partial charge in [0, 0.05) is 23.7 Å². The van der Waals surface area contributed by atoms with Gasteiger partial charge in [0.15, 0.2) is 0 Å². The van der Waals surface area contributed by atoms with Gasteiger partial charge in [0.05, 0.1) is 0 Å². The molecule has 0 aromatic carbocycles. The van der Waals surface area contributed by atoms with Gasteiger partial charge in [0.25, 0.3) is 0 Å². The van der Waals surface area contributed by atoms with E-state index in [2.05, 4.69) is 10.2 Å². The monoisotopic (exact) mass is 252 g/mol. The molecular formula is C13H20N2O3. The second-order valence-electron chi connectivity index (χ2n) is 5.27. The summed E-state index contributed by atoms with van der Waals surface area (Å²) in [6.45, 7) is 6.18. The Labute approximate surface area is 107 Å². The Hall–Kier alpha value is -1.36. The first-order valence-electron chi connectivity index (χ1n) is 6.43. The fourth-order valence-corrected chi connectivity index (χ4v) is 2.74. The molecule has 3 rings (SSSR count). The van der Waals surface area contributed by atoms with Crippen LogP contribution in [-0.4, -0.2) is 47.6 Å². The minimum absolute atomic E-state index is 0.119. The lowest BCUT2D eigenvalue weighted by atomic mass is 9.84. The number of carbonyl (C=O) groups excluding carboxylic acids is 1. The molecule has 5 heteroatoms. The molecule has 0 spiro atoms. The Balaban J connectivity index is 2.00. The fourth-order valence-electron chi connectivity index (χ4n) is 2.74. The maximum Gasteiger partial charge on any atom is 0.331 e. The molecule has 0 aromatic heterocycles. The van der Waals surface area contributed by atoms with Gasteiger partial charge >= 0.3 is 5.97 Å². The summed E-state index contributed by atoms with van der Waals surface area (Å²) in [5.41, 5.74) is 0.424. The Morgan fingerprint density at radius 1 is 1.17 bits per heavy atom. The third-order valence-corrected chi connectivity index (χ3v) is 4.20. The number of nitrogens with zero attached hydrogens (tertiary/aromatic N) is 1. The molecule has 3 heterocycles. The molecule has 100 valence electrons. The van der Waals surface area contributed by atoms with Gasteiger partial charge in [-0.3, -0.25) is 4.79 Å². The van der Waals surface area contributed by atoms with Crippen LogP contribution in [0, 0.1) is 5.92 Å². The van der Waals surface area contributed by atoms with Crippen molar-refractivity contribution in [2.45, 2.75) is 32.7 Å². The summed E-state index contributed by atoms with van der Waals surface area (Å²) in [5, 5.41) is 11.9. The van der Waals surface area contributed by atoms with Crippen LogP contribution in [0.5, 0.6) is 0 Å². The van der Waals surface area contributed by atoms with Crippen molar-refractivity contribution in [1.82, 2.24) is 10.2 Å². The Morgan fingerprint density at radius 2 is 1.78 bits per heavy atom. The highest BCUT2D eigenvalue weighted by Gasteiger charge is 2.35. The summed E-state index contributed by atoms with van der Waals surface area (Å²) in [6.07, 6.45) is 2.26. The Kier molecular flexibility index (Phi) is 3.71. The molecule has 0 saturated carbocycles. The van der Waals surface area contributed by atoms with Crippen LogP contribution in [0.25, 0.3) is 0 Å². The van der Waals surface area contributed by atoms with Crippen LogP contribution in [0.15, 0.2) is 11.1 Å². The van der Waals surface area contributed by atoms with E-state index >= 15 is 0 Å². The molecule has 2 bridgehead atoms. The first kappa shape index (κ1) is 13.1. The SMILES string of the molecule is CC(C(=O)O)=C(C)C(=O)NC1CN2CCC1CC2. The van der Waals surface area contributed by atoms with Crippen molar-refractivity contribution >= 4 is 11.9 Å². The van der Waals surface area contributed by atoms with E-state index in [1.165, 1.54) is 6.92 Å². The third kappa shape index (κ3) is 2.56. The minimum atomic E-state index is -1.03. The number of rotatable bonds is 3. The largest absolute Gasteiger partial charge is 0.478 e. The molecule has 5 nitrogen and oxygen atoms in total. The molecule has 3 saturated heterocycles. The van der Waals surface area contributed by atoms with Crippen LogP contribution in [-0.2, 0) is 9.59 Å². The molecule has 1 unspecified atom stereocenters. The molecule has 18 heavy (non-hydrogen) atoms. The van der Waals surface area contributed by atoms with E-state index in [9.17, 15) is 9.59 Å². The first-order valence-corrected chi connectivity index (χ1v) is 6.43. The Morgan fingerprint density at radius 3 is 2.22 bits per heavy atom.